The van der Waals surface area contributed by atoms with Crippen molar-refractivity contribution in [1.82, 2.24) is 0 Å². The van der Waals surface area contributed by atoms with Gasteiger partial charge in [-0.3, -0.25) is 4.55 Å². The third-order valence-electron chi connectivity index (χ3n) is 3.23. The molecular weight excluding hydrogens is 252 g/mol. The summed E-state index contributed by atoms with van der Waals surface area (Å²) in [6.07, 6.45) is 6.37. The van der Waals surface area contributed by atoms with E-state index in [0.717, 1.165) is 38.5 Å². The highest BCUT2D eigenvalue weighted by Gasteiger charge is 2.25. The topological polar surface area (TPSA) is 74.6 Å². The molecule has 2 atom stereocenters. The van der Waals surface area contributed by atoms with Gasteiger partial charge in [0.15, 0.2) is 0 Å². The first-order valence-corrected chi connectivity index (χ1v) is 8.56. The van der Waals surface area contributed by atoms with Gasteiger partial charge in [0.25, 0.3) is 10.1 Å². The van der Waals surface area contributed by atoms with Crippen molar-refractivity contribution in [1.29, 1.82) is 0 Å². The average molecular weight is 280 g/mol. The molecule has 0 fully saturated rings. The van der Waals surface area contributed by atoms with Crippen LogP contribution in [0.25, 0.3) is 0 Å². The smallest absolute Gasteiger partial charge is 0.267 e. The van der Waals surface area contributed by atoms with Crippen molar-refractivity contribution >= 4 is 10.1 Å². The van der Waals surface area contributed by atoms with Crippen LogP contribution in [0.3, 0.4) is 0 Å². The van der Waals surface area contributed by atoms with Gasteiger partial charge in [0.05, 0.1) is 11.4 Å². The Labute approximate surface area is 112 Å². The third-order valence-corrected chi connectivity index (χ3v) is 4.50. The summed E-state index contributed by atoms with van der Waals surface area (Å²) >= 11 is 0. The van der Waals surface area contributed by atoms with Crippen LogP contribution in [-0.4, -0.2) is 29.4 Å². The summed E-state index contributed by atoms with van der Waals surface area (Å²) in [4.78, 5) is 0. The third kappa shape index (κ3) is 8.89. The van der Waals surface area contributed by atoms with Crippen molar-refractivity contribution in [3.8, 4) is 0 Å². The summed E-state index contributed by atoms with van der Waals surface area (Å²) in [7, 11) is -4.03. The van der Waals surface area contributed by atoms with Gasteiger partial charge in [0.1, 0.15) is 0 Å². The highest BCUT2D eigenvalue weighted by atomic mass is 32.2. The summed E-state index contributed by atoms with van der Waals surface area (Å²) in [6.45, 7) is 4.13. The van der Waals surface area contributed by atoms with Crippen molar-refractivity contribution in [2.45, 2.75) is 83.0 Å². The molecule has 2 unspecified atom stereocenters. The lowest BCUT2D eigenvalue weighted by molar-refractivity contribution is 0.147. The summed E-state index contributed by atoms with van der Waals surface area (Å²) in [5, 5.41) is 8.99. The van der Waals surface area contributed by atoms with E-state index in [2.05, 4.69) is 6.92 Å². The maximum Gasteiger partial charge on any atom is 0.267 e. The average Bonchev–Trinajstić information content (AvgIpc) is 2.27. The molecule has 0 rings (SSSR count). The van der Waals surface area contributed by atoms with Crippen molar-refractivity contribution in [3.05, 3.63) is 0 Å². The van der Waals surface area contributed by atoms with E-state index < -0.39 is 21.5 Å². The van der Waals surface area contributed by atoms with Crippen molar-refractivity contribution in [3.63, 3.8) is 0 Å². The zero-order chi connectivity index (χ0) is 14.0. The van der Waals surface area contributed by atoms with Crippen LogP contribution in [0, 0.1) is 0 Å². The molecule has 0 aromatic heterocycles. The van der Waals surface area contributed by atoms with E-state index in [1.807, 2.05) is 6.92 Å². The summed E-state index contributed by atoms with van der Waals surface area (Å²) in [5.41, 5.74) is 0. The van der Waals surface area contributed by atoms with E-state index in [1.54, 1.807) is 0 Å². The predicted molar refractivity (Wildman–Crippen MR) is 74.2 cm³/mol. The first-order chi connectivity index (χ1) is 8.41. The Morgan fingerprint density at radius 2 is 1.44 bits per heavy atom. The fourth-order valence-corrected chi connectivity index (χ4v) is 2.99. The predicted octanol–water partition coefficient (Wildman–Crippen LogP) is 3.15. The Bertz CT molecular complexity index is 287. The SMILES string of the molecule is CCCCCC(O)CC(CCCCC)S(=O)(=O)O. The Kier molecular flexibility index (Phi) is 9.68. The first kappa shape index (κ1) is 17.9. The zero-order valence-corrected chi connectivity index (χ0v) is 12.5. The molecule has 110 valence electrons. The Morgan fingerprint density at radius 3 is 1.89 bits per heavy atom. The number of rotatable bonds is 11. The van der Waals surface area contributed by atoms with E-state index in [1.165, 1.54) is 0 Å². The van der Waals surface area contributed by atoms with E-state index in [9.17, 15) is 13.5 Å². The van der Waals surface area contributed by atoms with Crippen LogP contribution in [0.2, 0.25) is 0 Å². The van der Waals surface area contributed by atoms with Gasteiger partial charge in [0.2, 0.25) is 0 Å². The molecule has 0 aliphatic heterocycles. The number of unbranched alkanes of at least 4 members (excludes halogenated alkanes) is 4. The van der Waals surface area contributed by atoms with Gasteiger partial charge in [0, 0.05) is 0 Å². The minimum atomic E-state index is -4.03. The summed E-state index contributed by atoms with van der Waals surface area (Å²) in [6, 6.07) is 0. The Hall–Kier alpha value is -0.130. The van der Waals surface area contributed by atoms with Crippen LogP contribution in [0.4, 0.5) is 0 Å². The molecule has 0 aromatic carbocycles. The molecular formula is C13H28O4S. The number of aliphatic hydroxyl groups excluding tert-OH is 1. The van der Waals surface area contributed by atoms with Crippen molar-refractivity contribution in [2.24, 2.45) is 0 Å². The number of hydrogen-bond donors (Lipinski definition) is 2. The molecule has 0 bridgehead atoms. The zero-order valence-electron chi connectivity index (χ0n) is 11.6. The van der Waals surface area contributed by atoms with Crippen LogP contribution in [0.15, 0.2) is 0 Å². The largest absolute Gasteiger partial charge is 0.393 e. The molecule has 0 aliphatic carbocycles. The molecule has 0 saturated heterocycles. The quantitative estimate of drug-likeness (QED) is 0.450. The normalized spacial score (nSPS) is 15.6. The van der Waals surface area contributed by atoms with Gasteiger partial charge in [-0.2, -0.15) is 8.42 Å². The summed E-state index contributed by atoms with van der Waals surface area (Å²) in [5.74, 6) is 0. The van der Waals surface area contributed by atoms with E-state index in [-0.39, 0.29) is 6.42 Å². The molecule has 18 heavy (non-hydrogen) atoms. The molecule has 2 N–H and O–H groups in total. The second kappa shape index (κ2) is 9.75. The standard InChI is InChI=1S/C13H28O4S/c1-3-5-7-9-12(14)11-13(18(15,16)17)10-8-6-4-2/h12-14H,3-11H2,1-2H3,(H,15,16,17). The molecule has 0 aromatic rings. The lowest BCUT2D eigenvalue weighted by atomic mass is 10.0. The lowest BCUT2D eigenvalue weighted by Gasteiger charge is -2.17. The molecule has 0 heterocycles. The molecule has 0 saturated carbocycles. The van der Waals surface area contributed by atoms with Crippen LogP contribution in [0.5, 0.6) is 0 Å². The molecule has 0 amide bonds. The maximum atomic E-state index is 11.2. The highest BCUT2D eigenvalue weighted by Crippen LogP contribution is 2.18. The van der Waals surface area contributed by atoms with Gasteiger partial charge in [-0.05, 0) is 19.3 Å². The minimum absolute atomic E-state index is 0.159. The lowest BCUT2D eigenvalue weighted by Crippen LogP contribution is -2.26. The highest BCUT2D eigenvalue weighted by molar-refractivity contribution is 7.86. The second-order valence-electron chi connectivity index (χ2n) is 5.02. The minimum Gasteiger partial charge on any atom is -0.393 e. The van der Waals surface area contributed by atoms with Gasteiger partial charge < -0.3 is 5.11 Å². The van der Waals surface area contributed by atoms with Crippen molar-refractivity contribution in [2.75, 3.05) is 0 Å². The van der Waals surface area contributed by atoms with Crippen LogP contribution in [0.1, 0.15) is 71.6 Å². The van der Waals surface area contributed by atoms with Crippen LogP contribution < -0.4 is 0 Å². The Balaban J connectivity index is 4.15. The molecule has 0 radical (unpaired) electrons. The second-order valence-corrected chi connectivity index (χ2v) is 6.71. The van der Waals surface area contributed by atoms with E-state index in [4.69, 9.17) is 4.55 Å². The van der Waals surface area contributed by atoms with E-state index >= 15 is 0 Å². The number of aliphatic hydroxyl groups is 1. The molecule has 0 spiro atoms. The van der Waals surface area contributed by atoms with Gasteiger partial charge in [-0.1, -0.05) is 52.4 Å². The van der Waals surface area contributed by atoms with Gasteiger partial charge in [-0.15, -0.1) is 0 Å². The Morgan fingerprint density at radius 1 is 0.944 bits per heavy atom. The fraction of sp³-hybridized carbons (Fsp3) is 1.00. The summed E-state index contributed by atoms with van der Waals surface area (Å²) < 4.78 is 31.6. The first-order valence-electron chi connectivity index (χ1n) is 7.06. The fourth-order valence-electron chi connectivity index (χ4n) is 2.06. The van der Waals surface area contributed by atoms with Crippen LogP contribution >= 0.6 is 0 Å². The molecule has 5 heteroatoms. The number of hydrogen-bond acceptors (Lipinski definition) is 3. The van der Waals surface area contributed by atoms with Gasteiger partial charge in [-0.25, -0.2) is 0 Å². The maximum absolute atomic E-state index is 11.2. The molecule has 4 nitrogen and oxygen atoms in total. The molecule has 0 aliphatic rings. The van der Waals surface area contributed by atoms with Gasteiger partial charge >= 0.3 is 0 Å². The van der Waals surface area contributed by atoms with Crippen LogP contribution in [-0.2, 0) is 10.1 Å². The monoisotopic (exact) mass is 280 g/mol. The van der Waals surface area contributed by atoms with E-state index in [0.29, 0.717) is 12.8 Å². The van der Waals surface area contributed by atoms with Crippen molar-refractivity contribution < 1.29 is 18.1 Å².